The predicted molar refractivity (Wildman–Crippen MR) is 112 cm³/mol. The summed E-state index contributed by atoms with van der Waals surface area (Å²) in [5, 5.41) is 2.87. The number of aryl methyl sites for hydroxylation is 1. The van der Waals surface area contributed by atoms with E-state index in [4.69, 9.17) is 0 Å². The number of nitrogens with zero attached hydrogens (tertiary/aromatic N) is 2. The second-order valence-electron chi connectivity index (χ2n) is 7.44. The SMILES string of the molecule is CCN1C(=O)CCc2cc(NC(=O)CCCN3C(=O)c4ccccc4C3=O)ccc21. The molecule has 1 N–H and O–H groups in total. The lowest BCUT2D eigenvalue weighted by Crippen LogP contribution is -2.34. The van der Waals surface area contributed by atoms with Crippen LogP contribution in [-0.2, 0) is 16.0 Å². The Labute approximate surface area is 174 Å². The molecule has 7 heteroatoms. The Hall–Kier alpha value is -3.48. The third kappa shape index (κ3) is 3.58. The molecule has 0 atom stereocenters. The van der Waals surface area contributed by atoms with E-state index in [0.29, 0.717) is 42.6 Å². The molecular weight excluding hydrogens is 382 g/mol. The number of anilines is 2. The molecule has 0 unspecified atom stereocenters. The second kappa shape index (κ2) is 8.10. The van der Waals surface area contributed by atoms with Crippen LogP contribution in [0.2, 0.25) is 0 Å². The zero-order valence-corrected chi connectivity index (χ0v) is 16.8. The van der Waals surface area contributed by atoms with Crippen molar-refractivity contribution in [2.75, 3.05) is 23.3 Å². The van der Waals surface area contributed by atoms with Crippen molar-refractivity contribution in [1.29, 1.82) is 0 Å². The number of carbonyl (C=O) groups is 4. The van der Waals surface area contributed by atoms with Crippen LogP contribution in [0.5, 0.6) is 0 Å². The highest BCUT2D eigenvalue weighted by atomic mass is 16.2. The van der Waals surface area contributed by atoms with E-state index in [-0.39, 0.29) is 36.6 Å². The summed E-state index contributed by atoms with van der Waals surface area (Å²) in [6.07, 6.45) is 1.72. The van der Waals surface area contributed by atoms with Gasteiger partial charge in [-0.15, -0.1) is 0 Å². The molecule has 2 aromatic rings. The van der Waals surface area contributed by atoms with E-state index < -0.39 is 0 Å². The van der Waals surface area contributed by atoms with Gasteiger partial charge in [-0.25, -0.2) is 0 Å². The number of imide groups is 1. The van der Waals surface area contributed by atoms with Gasteiger partial charge < -0.3 is 10.2 Å². The Morgan fingerprint density at radius 2 is 1.67 bits per heavy atom. The zero-order valence-electron chi connectivity index (χ0n) is 16.8. The van der Waals surface area contributed by atoms with Crippen LogP contribution in [0.1, 0.15) is 52.5 Å². The average molecular weight is 405 g/mol. The topological polar surface area (TPSA) is 86.8 Å². The molecule has 2 aromatic carbocycles. The molecule has 0 saturated heterocycles. The van der Waals surface area contributed by atoms with Crippen LogP contribution in [-0.4, -0.2) is 41.6 Å². The van der Waals surface area contributed by atoms with Gasteiger partial charge in [0.25, 0.3) is 11.8 Å². The zero-order chi connectivity index (χ0) is 21.3. The summed E-state index contributed by atoms with van der Waals surface area (Å²) in [5.74, 6) is -0.665. The third-order valence-corrected chi connectivity index (χ3v) is 5.54. The summed E-state index contributed by atoms with van der Waals surface area (Å²) >= 11 is 0. The van der Waals surface area contributed by atoms with E-state index in [0.717, 1.165) is 11.3 Å². The number of amides is 4. The summed E-state index contributed by atoms with van der Waals surface area (Å²) in [7, 11) is 0. The van der Waals surface area contributed by atoms with Crippen LogP contribution in [0.3, 0.4) is 0 Å². The highest BCUT2D eigenvalue weighted by molar-refractivity contribution is 6.21. The van der Waals surface area contributed by atoms with Crippen molar-refractivity contribution in [3.8, 4) is 0 Å². The Bertz CT molecular complexity index is 1010. The summed E-state index contributed by atoms with van der Waals surface area (Å²) < 4.78 is 0. The number of rotatable bonds is 6. The van der Waals surface area contributed by atoms with Crippen molar-refractivity contribution in [1.82, 2.24) is 4.90 Å². The maximum Gasteiger partial charge on any atom is 0.261 e. The molecule has 30 heavy (non-hydrogen) atoms. The van der Waals surface area contributed by atoms with Crippen molar-refractivity contribution in [2.24, 2.45) is 0 Å². The molecule has 0 saturated carbocycles. The summed E-state index contributed by atoms with van der Waals surface area (Å²) in [5.41, 5.74) is 3.46. The molecule has 0 spiro atoms. The van der Waals surface area contributed by atoms with Gasteiger partial charge >= 0.3 is 0 Å². The first-order valence-corrected chi connectivity index (χ1v) is 10.2. The molecular formula is C23H23N3O4. The van der Waals surface area contributed by atoms with Crippen LogP contribution in [0.4, 0.5) is 11.4 Å². The van der Waals surface area contributed by atoms with E-state index in [2.05, 4.69) is 5.32 Å². The van der Waals surface area contributed by atoms with Gasteiger partial charge in [0.2, 0.25) is 11.8 Å². The molecule has 4 rings (SSSR count). The van der Waals surface area contributed by atoms with Crippen molar-refractivity contribution in [2.45, 2.75) is 32.6 Å². The standard InChI is InChI=1S/C23H23N3O4/c1-2-25-19-11-10-16(14-15(19)9-12-21(25)28)24-20(27)8-5-13-26-22(29)17-6-3-4-7-18(17)23(26)30/h3-4,6-7,10-11,14H,2,5,8-9,12-13H2,1H3,(H,24,27). The number of fused-ring (bicyclic) bond motifs is 2. The lowest BCUT2D eigenvalue weighted by molar-refractivity contribution is -0.119. The highest BCUT2D eigenvalue weighted by Gasteiger charge is 2.34. The third-order valence-electron chi connectivity index (χ3n) is 5.54. The molecule has 0 radical (unpaired) electrons. The van der Waals surface area contributed by atoms with Gasteiger partial charge in [0.1, 0.15) is 0 Å². The highest BCUT2D eigenvalue weighted by Crippen LogP contribution is 2.30. The minimum Gasteiger partial charge on any atom is -0.326 e. The van der Waals surface area contributed by atoms with Gasteiger partial charge in [0.15, 0.2) is 0 Å². The first kappa shape index (κ1) is 19.8. The number of benzene rings is 2. The van der Waals surface area contributed by atoms with Gasteiger partial charge in [-0.2, -0.15) is 0 Å². The molecule has 2 heterocycles. The van der Waals surface area contributed by atoms with E-state index in [1.807, 2.05) is 19.1 Å². The lowest BCUT2D eigenvalue weighted by atomic mass is 10.0. The Morgan fingerprint density at radius 3 is 2.33 bits per heavy atom. The minimum absolute atomic E-state index is 0.120. The molecule has 0 fully saturated rings. The van der Waals surface area contributed by atoms with Gasteiger partial charge in [0.05, 0.1) is 11.1 Å². The van der Waals surface area contributed by atoms with Crippen LogP contribution >= 0.6 is 0 Å². The molecule has 7 nitrogen and oxygen atoms in total. The maximum absolute atomic E-state index is 12.4. The normalized spacial score (nSPS) is 15.3. The molecule has 0 aromatic heterocycles. The average Bonchev–Trinajstić information content (AvgIpc) is 2.99. The van der Waals surface area contributed by atoms with Gasteiger partial charge in [-0.1, -0.05) is 12.1 Å². The monoisotopic (exact) mass is 405 g/mol. The van der Waals surface area contributed by atoms with Gasteiger partial charge in [-0.3, -0.25) is 24.1 Å². The molecule has 2 aliphatic heterocycles. The van der Waals surface area contributed by atoms with E-state index in [9.17, 15) is 19.2 Å². The summed E-state index contributed by atoms with van der Waals surface area (Å²) in [4.78, 5) is 52.0. The fraction of sp³-hybridized carbons (Fsp3) is 0.304. The van der Waals surface area contributed by atoms with Crippen molar-refractivity contribution < 1.29 is 19.2 Å². The predicted octanol–water partition coefficient (Wildman–Crippen LogP) is 3.00. The van der Waals surface area contributed by atoms with Gasteiger partial charge in [-0.05, 0) is 55.7 Å². The molecule has 154 valence electrons. The number of nitrogens with one attached hydrogen (secondary N) is 1. The largest absolute Gasteiger partial charge is 0.326 e. The second-order valence-corrected chi connectivity index (χ2v) is 7.44. The fourth-order valence-electron chi connectivity index (χ4n) is 4.05. The van der Waals surface area contributed by atoms with E-state index in [1.54, 1.807) is 35.2 Å². The number of hydrogen-bond donors (Lipinski definition) is 1. The van der Waals surface area contributed by atoms with Gasteiger partial charge in [0, 0.05) is 37.3 Å². The van der Waals surface area contributed by atoms with Crippen LogP contribution in [0.15, 0.2) is 42.5 Å². The Kier molecular flexibility index (Phi) is 5.35. The summed E-state index contributed by atoms with van der Waals surface area (Å²) in [6.45, 7) is 2.77. The van der Waals surface area contributed by atoms with Crippen molar-refractivity contribution >= 4 is 35.0 Å². The summed E-state index contributed by atoms with van der Waals surface area (Å²) in [6, 6.07) is 12.3. The van der Waals surface area contributed by atoms with E-state index in [1.165, 1.54) is 4.90 Å². The number of carbonyl (C=O) groups excluding carboxylic acids is 4. The van der Waals surface area contributed by atoms with E-state index >= 15 is 0 Å². The first-order valence-electron chi connectivity index (χ1n) is 10.2. The molecule has 2 aliphatic rings. The molecule has 0 aliphatic carbocycles. The van der Waals surface area contributed by atoms with Crippen LogP contribution in [0, 0.1) is 0 Å². The van der Waals surface area contributed by atoms with Crippen LogP contribution < -0.4 is 10.2 Å². The lowest BCUT2D eigenvalue weighted by Gasteiger charge is -2.28. The minimum atomic E-state index is -0.305. The van der Waals surface area contributed by atoms with Crippen molar-refractivity contribution in [3.63, 3.8) is 0 Å². The molecule has 0 bridgehead atoms. The number of hydrogen-bond acceptors (Lipinski definition) is 4. The maximum atomic E-state index is 12.4. The first-order chi connectivity index (χ1) is 14.5. The molecule has 4 amide bonds. The smallest absolute Gasteiger partial charge is 0.261 e. The Balaban J connectivity index is 1.32. The van der Waals surface area contributed by atoms with Crippen molar-refractivity contribution in [3.05, 3.63) is 59.2 Å². The van der Waals surface area contributed by atoms with Crippen LogP contribution in [0.25, 0.3) is 0 Å². The quantitative estimate of drug-likeness (QED) is 0.749. The Morgan fingerprint density at radius 1 is 0.967 bits per heavy atom. The fourth-order valence-corrected chi connectivity index (χ4v) is 4.05.